The van der Waals surface area contributed by atoms with Crippen LogP contribution in [-0.4, -0.2) is 0 Å². The number of benzene rings is 9. The van der Waals surface area contributed by atoms with Gasteiger partial charge in [0.2, 0.25) is 0 Å². The molecule has 0 bridgehead atoms. The SMILES string of the molecule is Cc1ccc(N(c2ccc3cc4c(cc3c2)C2(c3ccccc3-c3ccccc32)c2c-4c3ccccc3c3ccccc23)c2cc(C)ccc2C)cc1. The molecule has 0 fully saturated rings. The van der Waals surface area contributed by atoms with Crippen molar-refractivity contribution in [2.24, 2.45) is 0 Å². The number of hydrogen-bond acceptors (Lipinski definition) is 1. The van der Waals surface area contributed by atoms with E-state index in [1.807, 2.05) is 0 Å². The number of rotatable bonds is 3. The lowest BCUT2D eigenvalue weighted by Gasteiger charge is -2.32. The summed E-state index contributed by atoms with van der Waals surface area (Å²) in [5.41, 5.74) is 17.7. The molecule has 53 heavy (non-hydrogen) atoms. The number of aryl methyl sites for hydroxylation is 3. The van der Waals surface area contributed by atoms with Crippen LogP contribution in [0, 0.1) is 20.8 Å². The van der Waals surface area contributed by atoms with Crippen LogP contribution < -0.4 is 4.90 Å². The fourth-order valence-electron chi connectivity index (χ4n) is 9.76. The maximum atomic E-state index is 2.53. The molecule has 9 aromatic carbocycles. The zero-order valence-electron chi connectivity index (χ0n) is 30.1. The molecule has 9 aromatic rings. The molecule has 0 aromatic heterocycles. The van der Waals surface area contributed by atoms with E-state index in [1.165, 1.54) is 99.2 Å². The number of fused-ring (bicyclic) bond motifs is 16. The van der Waals surface area contributed by atoms with Gasteiger partial charge in [-0.05, 0) is 151 Å². The molecule has 2 aliphatic rings. The molecular formula is C52H37N. The minimum absolute atomic E-state index is 0.463. The minimum Gasteiger partial charge on any atom is -0.310 e. The summed E-state index contributed by atoms with van der Waals surface area (Å²) in [5, 5.41) is 7.75. The average molecular weight is 676 g/mol. The van der Waals surface area contributed by atoms with Crippen molar-refractivity contribution in [3.8, 4) is 22.3 Å². The Labute approximate surface area is 310 Å². The van der Waals surface area contributed by atoms with Crippen molar-refractivity contribution in [1.29, 1.82) is 0 Å². The first-order valence-electron chi connectivity index (χ1n) is 18.7. The predicted molar refractivity (Wildman–Crippen MR) is 224 cm³/mol. The molecule has 0 aliphatic heterocycles. The van der Waals surface area contributed by atoms with Crippen LogP contribution in [0.4, 0.5) is 17.1 Å². The van der Waals surface area contributed by atoms with Gasteiger partial charge in [0.25, 0.3) is 0 Å². The van der Waals surface area contributed by atoms with Crippen LogP contribution in [0.25, 0.3) is 54.6 Å². The summed E-state index contributed by atoms with van der Waals surface area (Å²) in [6.45, 7) is 6.55. The van der Waals surface area contributed by atoms with Crippen LogP contribution in [0.1, 0.15) is 38.9 Å². The largest absolute Gasteiger partial charge is 0.310 e. The lowest BCUT2D eigenvalue weighted by Crippen LogP contribution is -2.26. The van der Waals surface area contributed by atoms with Gasteiger partial charge in [-0.1, -0.05) is 133 Å². The van der Waals surface area contributed by atoms with Crippen molar-refractivity contribution in [2.45, 2.75) is 26.2 Å². The number of hydrogen-bond donors (Lipinski definition) is 0. The molecule has 1 heteroatoms. The van der Waals surface area contributed by atoms with E-state index < -0.39 is 5.41 Å². The summed E-state index contributed by atoms with van der Waals surface area (Å²) in [6.07, 6.45) is 0. The van der Waals surface area contributed by atoms with Crippen molar-refractivity contribution in [3.05, 3.63) is 209 Å². The van der Waals surface area contributed by atoms with Crippen LogP contribution in [0.3, 0.4) is 0 Å². The highest BCUT2D eigenvalue weighted by Crippen LogP contribution is 2.65. The Balaban J connectivity index is 1.26. The molecule has 0 unspecified atom stereocenters. The summed E-state index contributed by atoms with van der Waals surface area (Å²) in [4.78, 5) is 2.43. The van der Waals surface area contributed by atoms with E-state index in [0.29, 0.717) is 0 Å². The van der Waals surface area contributed by atoms with Gasteiger partial charge in [0.1, 0.15) is 0 Å². The van der Waals surface area contributed by atoms with E-state index in [2.05, 4.69) is 196 Å². The van der Waals surface area contributed by atoms with Crippen molar-refractivity contribution in [1.82, 2.24) is 0 Å². The standard InChI is InChI=1S/C52H37N/c1-32-21-25-37(26-22-32)53(49-28-33(2)20-23-34(49)3)38-27-24-35-30-45-48(31-36(35)29-38)52(46-18-10-8-14-41(46)42-15-9-11-19-47(42)52)51-44-17-7-5-13-40(44)39-12-4-6-16-43(39)50(45)51/h4-31H,1-3H3. The molecule has 11 rings (SSSR count). The fraction of sp³-hybridized carbons (Fsp3) is 0.0769. The Morgan fingerprint density at radius 2 is 0.981 bits per heavy atom. The third-order valence-corrected chi connectivity index (χ3v) is 12.0. The second kappa shape index (κ2) is 11.0. The fourth-order valence-corrected chi connectivity index (χ4v) is 9.76. The zero-order chi connectivity index (χ0) is 35.4. The Morgan fingerprint density at radius 3 is 1.70 bits per heavy atom. The van der Waals surface area contributed by atoms with Gasteiger partial charge in [0.05, 0.1) is 5.41 Å². The van der Waals surface area contributed by atoms with E-state index in [0.717, 1.165) is 11.4 Å². The van der Waals surface area contributed by atoms with E-state index in [-0.39, 0.29) is 0 Å². The molecule has 1 nitrogen and oxygen atoms in total. The molecule has 250 valence electrons. The average Bonchev–Trinajstić information content (AvgIpc) is 3.66. The highest BCUT2D eigenvalue weighted by atomic mass is 15.1. The molecule has 0 N–H and O–H groups in total. The molecule has 0 heterocycles. The first-order valence-corrected chi connectivity index (χ1v) is 18.7. The van der Waals surface area contributed by atoms with Crippen molar-refractivity contribution in [3.63, 3.8) is 0 Å². The zero-order valence-corrected chi connectivity index (χ0v) is 30.1. The van der Waals surface area contributed by atoms with Crippen LogP contribution in [0.5, 0.6) is 0 Å². The minimum atomic E-state index is -0.463. The molecule has 0 saturated heterocycles. The Bertz CT molecular complexity index is 2940. The Kier molecular flexibility index (Phi) is 6.29. The summed E-state index contributed by atoms with van der Waals surface area (Å²) in [6, 6.07) is 64.2. The van der Waals surface area contributed by atoms with E-state index in [4.69, 9.17) is 0 Å². The van der Waals surface area contributed by atoms with E-state index in [1.54, 1.807) is 0 Å². The van der Waals surface area contributed by atoms with Crippen molar-refractivity contribution in [2.75, 3.05) is 4.90 Å². The van der Waals surface area contributed by atoms with Gasteiger partial charge in [-0.2, -0.15) is 0 Å². The maximum absolute atomic E-state index is 2.53. The summed E-state index contributed by atoms with van der Waals surface area (Å²) >= 11 is 0. The second-order valence-electron chi connectivity index (χ2n) is 15.1. The molecular weight excluding hydrogens is 639 g/mol. The molecule has 0 saturated carbocycles. The van der Waals surface area contributed by atoms with Gasteiger partial charge < -0.3 is 4.90 Å². The Morgan fingerprint density at radius 1 is 0.396 bits per heavy atom. The van der Waals surface area contributed by atoms with Gasteiger partial charge in [-0.25, -0.2) is 0 Å². The van der Waals surface area contributed by atoms with Crippen LogP contribution >= 0.6 is 0 Å². The molecule has 0 amide bonds. The molecule has 1 spiro atoms. The van der Waals surface area contributed by atoms with Gasteiger partial charge in [-0.3, -0.25) is 0 Å². The first-order chi connectivity index (χ1) is 26.0. The highest BCUT2D eigenvalue weighted by Gasteiger charge is 2.53. The van der Waals surface area contributed by atoms with Gasteiger partial charge >= 0.3 is 0 Å². The third-order valence-electron chi connectivity index (χ3n) is 12.0. The third kappa shape index (κ3) is 4.08. The molecule has 2 aliphatic carbocycles. The molecule has 0 radical (unpaired) electrons. The van der Waals surface area contributed by atoms with E-state index >= 15 is 0 Å². The topological polar surface area (TPSA) is 3.24 Å². The van der Waals surface area contributed by atoms with Crippen LogP contribution in [0.15, 0.2) is 170 Å². The molecule has 0 atom stereocenters. The summed E-state index contributed by atoms with van der Waals surface area (Å²) < 4.78 is 0. The summed E-state index contributed by atoms with van der Waals surface area (Å²) in [5.74, 6) is 0. The second-order valence-corrected chi connectivity index (χ2v) is 15.1. The number of nitrogens with zero attached hydrogens (tertiary/aromatic N) is 1. The van der Waals surface area contributed by atoms with Crippen LogP contribution in [0.2, 0.25) is 0 Å². The van der Waals surface area contributed by atoms with Gasteiger partial charge in [-0.15, -0.1) is 0 Å². The Hall–Kier alpha value is -6.44. The normalized spacial score (nSPS) is 13.3. The van der Waals surface area contributed by atoms with Crippen molar-refractivity contribution < 1.29 is 0 Å². The smallest absolute Gasteiger partial charge is 0.0731 e. The lowest BCUT2D eigenvalue weighted by atomic mass is 9.69. The van der Waals surface area contributed by atoms with Gasteiger partial charge in [0, 0.05) is 17.1 Å². The number of anilines is 3. The van der Waals surface area contributed by atoms with E-state index in [9.17, 15) is 0 Å². The quantitative estimate of drug-likeness (QED) is 0.169. The first kappa shape index (κ1) is 30.2. The maximum Gasteiger partial charge on any atom is 0.0731 e. The van der Waals surface area contributed by atoms with Crippen molar-refractivity contribution >= 4 is 49.4 Å². The van der Waals surface area contributed by atoms with Gasteiger partial charge in [0.15, 0.2) is 0 Å². The monoisotopic (exact) mass is 675 g/mol. The predicted octanol–water partition coefficient (Wildman–Crippen LogP) is 13.9. The summed E-state index contributed by atoms with van der Waals surface area (Å²) in [7, 11) is 0. The van der Waals surface area contributed by atoms with Crippen LogP contribution in [-0.2, 0) is 5.41 Å². The highest BCUT2D eigenvalue weighted by molar-refractivity contribution is 6.20. The lowest BCUT2D eigenvalue weighted by molar-refractivity contribution is 0.803.